The van der Waals surface area contributed by atoms with Gasteiger partial charge >= 0.3 is 0 Å². The normalized spacial score (nSPS) is 18.7. The molecule has 0 aliphatic carbocycles. The minimum atomic E-state index is -0.641. The Morgan fingerprint density at radius 1 is 1.00 bits per heavy atom. The van der Waals surface area contributed by atoms with Crippen molar-refractivity contribution in [3.05, 3.63) is 54.3 Å². The largest absolute Gasteiger partial charge is 0.485 e. The van der Waals surface area contributed by atoms with Gasteiger partial charge < -0.3 is 19.7 Å². The van der Waals surface area contributed by atoms with E-state index in [9.17, 15) is 14.0 Å². The molecular weight excluding hydrogens is 389 g/mol. The molecule has 0 unspecified atom stereocenters. The van der Waals surface area contributed by atoms with Gasteiger partial charge in [0.05, 0.1) is 5.69 Å². The summed E-state index contributed by atoms with van der Waals surface area (Å²) in [5, 5.41) is 2.59. The van der Waals surface area contributed by atoms with E-state index in [1.165, 1.54) is 12.1 Å². The average Bonchev–Trinajstić information content (AvgIpc) is 2.79. The van der Waals surface area contributed by atoms with Gasteiger partial charge in [-0.3, -0.25) is 14.5 Å². The number of halogens is 1. The lowest BCUT2D eigenvalue weighted by Gasteiger charge is -2.37. The van der Waals surface area contributed by atoms with Crippen molar-refractivity contribution in [3.63, 3.8) is 0 Å². The zero-order valence-electron chi connectivity index (χ0n) is 16.6. The van der Waals surface area contributed by atoms with Gasteiger partial charge in [-0.2, -0.15) is 0 Å². The topological polar surface area (TPSA) is 71.1 Å². The van der Waals surface area contributed by atoms with Crippen molar-refractivity contribution in [3.8, 4) is 11.5 Å². The molecule has 158 valence electrons. The lowest BCUT2D eigenvalue weighted by atomic mass is 10.2. The first-order valence-corrected chi connectivity index (χ1v) is 10.0. The molecule has 2 amide bonds. The smallest absolute Gasteiger partial charge is 0.267 e. The molecular formula is C22H24FN3O4. The quantitative estimate of drug-likeness (QED) is 0.813. The van der Waals surface area contributed by atoms with Crippen LogP contribution >= 0.6 is 0 Å². The Morgan fingerprint density at radius 2 is 1.70 bits per heavy atom. The Balaban J connectivity index is 1.21. The van der Waals surface area contributed by atoms with Crippen LogP contribution in [0.2, 0.25) is 0 Å². The van der Waals surface area contributed by atoms with Crippen LogP contribution < -0.4 is 14.8 Å². The fourth-order valence-corrected chi connectivity index (χ4v) is 3.57. The maximum atomic E-state index is 13.6. The number of rotatable bonds is 5. The Morgan fingerprint density at radius 3 is 2.47 bits per heavy atom. The van der Waals surface area contributed by atoms with E-state index >= 15 is 0 Å². The van der Waals surface area contributed by atoms with Gasteiger partial charge in [-0.15, -0.1) is 0 Å². The van der Waals surface area contributed by atoms with Gasteiger partial charge in [0.25, 0.3) is 5.91 Å². The molecule has 7 nitrogen and oxygen atoms in total. The Hall–Kier alpha value is -3.13. The van der Waals surface area contributed by atoms with Crippen molar-refractivity contribution in [1.29, 1.82) is 0 Å². The summed E-state index contributed by atoms with van der Waals surface area (Å²) in [6.07, 6.45) is -0.378. The summed E-state index contributed by atoms with van der Waals surface area (Å²) < 4.78 is 25.1. The number of carbonyl (C=O) groups is 2. The minimum absolute atomic E-state index is 0.0820. The zero-order valence-corrected chi connectivity index (χ0v) is 16.6. The van der Waals surface area contributed by atoms with Crippen molar-refractivity contribution in [2.24, 2.45) is 0 Å². The second kappa shape index (κ2) is 9.13. The van der Waals surface area contributed by atoms with Crippen LogP contribution in [-0.4, -0.2) is 67.0 Å². The average molecular weight is 413 g/mol. The monoisotopic (exact) mass is 413 g/mol. The zero-order chi connectivity index (χ0) is 20.9. The van der Waals surface area contributed by atoms with E-state index in [0.717, 1.165) is 0 Å². The second-order valence-corrected chi connectivity index (χ2v) is 7.31. The fourth-order valence-electron chi connectivity index (χ4n) is 3.57. The van der Waals surface area contributed by atoms with E-state index in [1.54, 1.807) is 23.1 Å². The maximum Gasteiger partial charge on any atom is 0.267 e. The molecule has 4 rings (SSSR count). The summed E-state index contributed by atoms with van der Waals surface area (Å²) in [6, 6.07) is 13.4. The van der Waals surface area contributed by atoms with Crippen molar-refractivity contribution in [1.82, 2.24) is 9.80 Å². The first-order chi connectivity index (χ1) is 14.6. The highest BCUT2D eigenvalue weighted by atomic mass is 19.1. The highest BCUT2D eigenvalue weighted by Gasteiger charge is 2.32. The number of hydrogen-bond acceptors (Lipinski definition) is 5. The SMILES string of the molecule is O=C(CCN1CCN(C(=O)[C@H]2COc3ccccc3O2)CC1)Nc1ccccc1F. The molecule has 0 spiro atoms. The summed E-state index contributed by atoms with van der Waals surface area (Å²) >= 11 is 0. The summed E-state index contributed by atoms with van der Waals surface area (Å²) in [6.45, 7) is 3.22. The van der Waals surface area contributed by atoms with Crippen molar-refractivity contribution in [2.75, 3.05) is 44.6 Å². The first-order valence-electron chi connectivity index (χ1n) is 10.0. The number of anilines is 1. The molecule has 0 radical (unpaired) electrons. The molecule has 0 bridgehead atoms. The predicted molar refractivity (Wildman–Crippen MR) is 109 cm³/mol. The predicted octanol–water partition coefficient (Wildman–Crippen LogP) is 2.14. The van der Waals surface area contributed by atoms with Crippen LogP contribution in [0.1, 0.15) is 6.42 Å². The molecule has 2 aromatic rings. The lowest BCUT2D eigenvalue weighted by Crippen LogP contribution is -2.54. The number of piperazine rings is 1. The second-order valence-electron chi connectivity index (χ2n) is 7.31. The fraction of sp³-hybridized carbons (Fsp3) is 0.364. The number of nitrogens with one attached hydrogen (secondary N) is 1. The molecule has 1 saturated heterocycles. The molecule has 2 heterocycles. The minimum Gasteiger partial charge on any atom is -0.485 e. The third-order valence-electron chi connectivity index (χ3n) is 5.27. The third-order valence-corrected chi connectivity index (χ3v) is 5.27. The summed E-state index contributed by atoms with van der Waals surface area (Å²) in [7, 11) is 0. The van der Waals surface area contributed by atoms with E-state index in [0.29, 0.717) is 44.2 Å². The molecule has 1 N–H and O–H groups in total. The van der Waals surface area contributed by atoms with Crippen molar-refractivity contribution in [2.45, 2.75) is 12.5 Å². The maximum absolute atomic E-state index is 13.6. The lowest BCUT2D eigenvalue weighted by molar-refractivity contribution is -0.143. The summed E-state index contributed by atoms with van der Waals surface area (Å²) in [4.78, 5) is 28.8. The molecule has 2 aliphatic rings. The van der Waals surface area contributed by atoms with Crippen molar-refractivity contribution >= 4 is 17.5 Å². The molecule has 0 aromatic heterocycles. The molecule has 0 saturated carbocycles. The Labute approximate surface area is 174 Å². The molecule has 2 aromatic carbocycles. The van der Waals surface area contributed by atoms with Gasteiger partial charge in [0.15, 0.2) is 11.5 Å². The molecule has 8 heteroatoms. The van der Waals surface area contributed by atoms with Crippen LogP contribution in [0.4, 0.5) is 10.1 Å². The van der Waals surface area contributed by atoms with E-state index < -0.39 is 11.9 Å². The summed E-state index contributed by atoms with van der Waals surface area (Å²) in [5.41, 5.74) is 0.189. The molecule has 1 fully saturated rings. The molecule has 1 atom stereocenters. The van der Waals surface area contributed by atoms with Gasteiger partial charge in [0.1, 0.15) is 12.4 Å². The summed E-state index contributed by atoms with van der Waals surface area (Å²) in [5.74, 6) is 0.475. The first kappa shape index (κ1) is 20.2. The van der Waals surface area contributed by atoms with E-state index in [4.69, 9.17) is 9.47 Å². The number of nitrogens with zero attached hydrogens (tertiary/aromatic N) is 2. The number of para-hydroxylation sites is 3. The van der Waals surface area contributed by atoms with Crippen LogP contribution in [0.15, 0.2) is 48.5 Å². The van der Waals surface area contributed by atoms with Crippen molar-refractivity contribution < 1.29 is 23.5 Å². The van der Waals surface area contributed by atoms with Crippen LogP contribution in [0.25, 0.3) is 0 Å². The highest BCUT2D eigenvalue weighted by Crippen LogP contribution is 2.31. The van der Waals surface area contributed by atoms with Crippen LogP contribution in [0.5, 0.6) is 11.5 Å². The number of carbonyl (C=O) groups excluding carboxylic acids is 2. The van der Waals surface area contributed by atoms with Crippen LogP contribution in [0.3, 0.4) is 0 Å². The Bertz CT molecular complexity index is 915. The molecule has 30 heavy (non-hydrogen) atoms. The van der Waals surface area contributed by atoms with E-state index in [1.807, 2.05) is 18.2 Å². The van der Waals surface area contributed by atoms with E-state index in [2.05, 4.69) is 10.2 Å². The standard InChI is InChI=1S/C22H24FN3O4/c23-16-5-1-2-6-17(16)24-21(27)9-10-25-11-13-26(14-12-25)22(28)20-15-29-18-7-3-4-8-19(18)30-20/h1-8,20H,9-15H2,(H,24,27)/t20-/m1/s1. The van der Waals surface area contributed by atoms with Gasteiger partial charge in [-0.1, -0.05) is 24.3 Å². The number of amides is 2. The highest BCUT2D eigenvalue weighted by molar-refractivity contribution is 5.90. The number of fused-ring (bicyclic) bond motifs is 1. The van der Waals surface area contributed by atoms with Gasteiger partial charge in [0.2, 0.25) is 12.0 Å². The third kappa shape index (κ3) is 4.71. The van der Waals surface area contributed by atoms with Crippen LogP contribution in [-0.2, 0) is 9.59 Å². The number of benzene rings is 2. The van der Waals surface area contributed by atoms with Crippen LogP contribution in [0, 0.1) is 5.82 Å². The van der Waals surface area contributed by atoms with Gasteiger partial charge in [-0.25, -0.2) is 4.39 Å². The van der Waals surface area contributed by atoms with Gasteiger partial charge in [-0.05, 0) is 24.3 Å². The van der Waals surface area contributed by atoms with E-state index in [-0.39, 0.29) is 30.5 Å². The molecule has 2 aliphatic heterocycles. The Kier molecular flexibility index (Phi) is 6.13. The number of hydrogen-bond donors (Lipinski definition) is 1. The number of ether oxygens (including phenoxy) is 2. The van der Waals surface area contributed by atoms with Gasteiger partial charge in [0, 0.05) is 39.1 Å².